The van der Waals surface area contributed by atoms with Crippen molar-refractivity contribution in [2.75, 3.05) is 26.7 Å². The van der Waals surface area contributed by atoms with Gasteiger partial charge >= 0.3 is 0 Å². The molecule has 1 atom stereocenters. The summed E-state index contributed by atoms with van der Waals surface area (Å²) in [5.41, 5.74) is 7.43. The minimum absolute atomic E-state index is 0.163. The van der Waals surface area contributed by atoms with Crippen molar-refractivity contribution in [3.8, 4) is 0 Å². The molecule has 1 fully saturated rings. The summed E-state index contributed by atoms with van der Waals surface area (Å²) in [5.74, 6) is -0.169. The van der Waals surface area contributed by atoms with E-state index in [0.717, 1.165) is 37.2 Å². The molecule has 1 unspecified atom stereocenters. The number of pyridine rings is 1. The van der Waals surface area contributed by atoms with Gasteiger partial charge in [0.15, 0.2) is 0 Å². The van der Waals surface area contributed by atoms with Crippen LogP contribution in [0.1, 0.15) is 37.4 Å². The van der Waals surface area contributed by atoms with Crippen molar-refractivity contribution in [1.82, 2.24) is 9.47 Å². The Labute approximate surface area is 143 Å². The molecule has 0 saturated carbocycles. The minimum atomic E-state index is -0.585. The van der Waals surface area contributed by atoms with Crippen molar-refractivity contribution < 1.29 is 9.53 Å². The lowest BCUT2D eigenvalue weighted by molar-refractivity contribution is -0.121. The van der Waals surface area contributed by atoms with Gasteiger partial charge in [0.1, 0.15) is 6.04 Å². The summed E-state index contributed by atoms with van der Waals surface area (Å²) in [7, 11) is 1.74. The summed E-state index contributed by atoms with van der Waals surface area (Å²) in [4.78, 5) is 26.5. The number of likely N-dealkylation sites (tertiary alicyclic amines) is 1. The van der Waals surface area contributed by atoms with E-state index in [1.54, 1.807) is 13.2 Å². The zero-order chi connectivity index (χ0) is 17.9. The number of ether oxygens (including phenoxy) is 1. The van der Waals surface area contributed by atoms with Gasteiger partial charge in [0.25, 0.3) is 5.56 Å². The molecule has 24 heavy (non-hydrogen) atoms. The number of aromatic nitrogens is 1. The SMILES string of the molecule is COC1CN(CCc2cn(C(CC(C)C)C(N)=O)c(=O)cc2C)C1. The predicted molar refractivity (Wildman–Crippen MR) is 94.1 cm³/mol. The summed E-state index contributed by atoms with van der Waals surface area (Å²) in [6.45, 7) is 8.80. The molecule has 6 nitrogen and oxygen atoms in total. The molecule has 1 saturated heterocycles. The van der Waals surface area contributed by atoms with Crippen molar-refractivity contribution in [2.24, 2.45) is 11.7 Å². The Hall–Kier alpha value is -1.66. The molecule has 2 heterocycles. The van der Waals surface area contributed by atoms with Crippen molar-refractivity contribution in [3.05, 3.63) is 33.7 Å². The van der Waals surface area contributed by atoms with Gasteiger partial charge in [-0.05, 0) is 36.8 Å². The number of carbonyl (C=O) groups excluding carboxylic acids is 1. The average molecular weight is 335 g/mol. The van der Waals surface area contributed by atoms with Crippen LogP contribution in [-0.4, -0.2) is 48.2 Å². The van der Waals surface area contributed by atoms with Crippen LogP contribution >= 0.6 is 0 Å². The number of rotatable bonds is 8. The van der Waals surface area contributed by atoms with Gasteiger partial charge in [0, 0.05) is 39.0 Å². The number of amides is 1. The van der Waals surface area contributed by atoms with Gasteiger partial charge in [-0.1, -0.05) is 13.8 Å². The fourth-order valence-corrected chi connectivity index (χ4v) is 3.14. The van der Waals surface area contributed by atoms with E-state index < -0.39 is 11.9 Å². The minimum Gasteiger partial charge on any atom is -0.379 e. The van der Waals surface area contributed by atoms with Gasteiger partial charge < -0.3 is 15.0 Å². The Kier molecular flexibility index (Phi) is 6.18. The normalized spacial score (nSPS) is 17.0. The smallest absolute Gasteiger partial charge is 0.251 e. The van der Waals surface area contributed by atoms with E-state index in [2.05, 4.69) is 4.90 Å². The summed E-state index contributed by atoms with van der Waals surface area (Å²) in [5, 5.41) is 0. The number of carbonyl (C=O) groups is 1. The molecule has 1 aromatic rings. The van der Waals surface area contributed by atoms with Crippen LogP contribution in [0, 0.1) is 12.8 Å². The van der Waals surface area contributed by atoms with Crippen LogP contribution < -0.4 is 11.3 Å². The molecule has 1 aromatic heterocycles. The average Bonchev–Trinajstić information content (AvgIpc) is 2.45. The monoisotopic (exact) mass is 335 g/mol. The molecule has 6 heteroatoms. The topological polar surface area (TPSA) is 77.6 Å². The fourth-order valence-electron chi connectivity index (χ4n) is 3.14. The molecule has 2 rings (SSSR count). The van der Waals surface area contributed by atoms with Crippen LogP contribution in [0.3, 0.4) is 0 Å². The van der Waals surface area contributed by atoms with Gasteiger partial charge in [-0.3, -0.25) is 14.5 Å². The quantitative estimate of drug-likeness (QED) is 0.772. The molecule has 134 valence electrons. The van der Waals surface area contributed by atoms with E-state index in [0.29, 0.717) is 12.5 Å². The first-order valence-corrected chi connectivity index (χ1v) is 8.58. The van der Waals surface area contributed by atoms with Crippen LogP contribution in [0.2, 0.25) is 0 Å². The second kappa shape index (κ2) is 7.94. The molecule has 1 aliphatic heterocycles. The zero-order valence-electron chi connectivity index (χ0n) is 15.1. The van der Waals surface area contributed by atoms with Crippen LogP contribution in [-0.2, 0) is 16.0 Å². The largest absolute Gasteiger partial charge is 0.379 e. The first-order chi connectivity index (χ1) is 11.3. The maximum Gasteiger partial charge on any atom is 0.251 e. The van der Waals surface area contributed by atoms with Gasteiger partial charge in [0.05, 0.1) is 6.10 Å². The molecule has 0 aliphatic carbocycles. The highest BCUT2D eigenvalue weighted by molar-refractivity contribution is 5.78. The van der Waals surface area contributed by atoms with Crippen LogP contribution in [0.25, 0.3) is 0 Å². The van der Waals surface area contributed by atoms with E-state index in [-0.39, 0.29) is 11.5 Å². The zero-order valence-corrected chi connectivity index (χ0v) is 15.1. The summed E-state index contributed by atoms with van der Waals surface area (Å²) >= 11 is 0. The Morgan fingerprint density at radius 2 is 2.08 bits per heavy atom. The maximum atomic E-state index is 12.3. The Balaban J connectivity index is 2.14. The van der Waals surface area contributed by atoms with Crippen LogP contribution in [0.5, 0.6) is 0 Å². The summed E-state index contributed by atoms with van der Waals surface area (Å²) < 4.78 is 6.80. The van der Waals surface area contributed by atoms with Crippen LogP contribution in [0.4, 0.5) is 0 Å². The number of hydrogen-bond donors (Lipinski definition) is 1. The van der Waals surface area contributed by atoms with Gasteiger partial charge in [0.2, 0.25) is 5.91 Å². The van der Waals surface area contributed by atoms with Crippen molar-refractivity contribution >= 4 is 5.91 Å². The highest BCUT2D eigenvalue weighted by Gasteiger charge is 2.26. The van der Waals surface area contributed by atoms with Gasteiger partial charge in [-0.2, -0.15) is 0 Å². The standard InChI is InChI=1S/C18H29N3O3/c1-12(2)7-16(18(19)23)21-9-14(13(3)8-17(21)22)5-6-20-10-15(11-20)24-4/h8-9,12,15-16H,5-7,10-11H2,1-4H3,(H2,19,23). The number of nitrogens with zero attached hydrogens (tertiary/aromatic N) is 2. The molecule has 0 aromatic carbocycles. The van der Waals surface area contributed by atoms with Gasteiger partial charge in [-0.25, -0.2) is 0 Å². The molecule has 1 amide bonds. The fraction of sp³-hybridized carbons (Fsp3) is 0.667. The Bertz CT molecular complexity index is 633. The first kappa shape index (κ1) is 18.7. The summed E-state index contributed by atoms with van der Waals surface area (Å²) in [6, 6.07) is 1.03. The van der Waals surface area contributed by atoms with E-state index in [4.69, 9.17) is 10.5 Å². The van der Waals surface area contributed by atoms with E-state index in [1.165, 1.54) is 4.57 Å². The lowest BCUT2D eigenvalue weighted by Gasteiger charge is -2.38. The molecular weight excluding hydrogens is 306 g/mol. The summed E-state index contributed by atoms with van der Waals surface area (Å²) in [6.07, 6.45) is 3.57. The van der Waals surface area contributed by atoms with Crippen molar-refractivity contribution in [2.45, 2.75) is 45.8 Å². The third kappa shape index (κ3) is 4.45. The van der Waals surface area contributed by atoms with Crippen molar-refractivity contribution in [1.29, 1.82) is 0 Å². The molecular formula is C18H29N3O3. The highest BCUT2D eigenvalue weighted by Crippen LogP contribution is 2.18. The lowest BCUT2D eigenvalue weighted by atomic mass is 10.0. The highest BCUT2D eigenvalue weighted by atomic mass is 16.5. The predicted octanol–water partition coefficient (Wildman–Crippen LogP) is 1.10. The Morgan fingerprint density at radius 3 is 2.62 bits per heavy atom. The number of hydrogen-bond acceptors (Lipinski definition) is 4. The molecule has 1 aliphatic rings. The number of nitrogens with two attached hydrogens (primary N) is 1. The van der Waals surface area contributed by atoms with E-state index in [9.17, 15) is 9.59 Å². The first-order valence-electron chi connectivity index (χ1n) is 8.58. The second-order valence-corrected chi connectivity index (χ2v) is 7.14. The molecule has 0 bridgehead atoms. The van der Waals surface area contributed by atoms with Crippen molar-refractivity contribution in [3.63, 3.8) is 0 Å². The third-order valence-corrected chi connectivity index (χ3v) is 4.71. The lowest BCUT2D eigenvalue weighted by Crippen LogP contribution is -2.52. The molecule has 0 spiro atoms. The second-order valence-electron chi connectivity index (χ2n) is 7.14. The Morgan fingerprint density at radius 1 is 1.42 bits per heavy atom. The number of methoxy groups -OCH3 is 1. The van der Waals surface area contributed by atoms with Crippen LogP contribution in [0.15, 0.2) is 17.1 Å². The van der Waals surface area contributed by atoms with Gasteiger partial charge in [-0.15, -0.1) is 0 Å². The third-order valence-electron chi connectivity index (χ3n) is 4.71. The van der Waals surface area contributed by atoms with E-state index >= 15 is 0 Å². The molecule has 0 radical (unpaired) electrons. The number of primary amides is 1. The number of aryl methyl sites for hydroxylation is 1. The molecule has 2 N–H and O–H groups in total. The maximum absolute atomic E-state index is 12.3. The van der Waals surface area contributed by atoms with E-state index in [1.807, 2.05) is 27.0 Å².